The monoisotopic (exact) mass is 333 g/mol. The molecule has 0 saturated carbocycles. The molecule has 6 heteroatoms. The maximum atomic E-state index is 12.8. The van der Waals surface area contributed by atoms with E-state index in [-0.39, 0.29) is 17.0 Å². The summed E-state index contributed by atoms with van der Waals surface area (Å²) in [7, 11) is -1.09. The third kappa shape index (κ3) is 3.78. The molecule has 0 N–H and O–H groups in total. The van der Waals surface area contributed by atoms with Crippen LogP contribution in [0.2, 0.25) is 0 Å². The zero-order valence-electron chi connectivity index (χ0n) is 13.3. The molecule has 0 spiro atoms. The highest BCUT2D eigenvalue weighted by molar-refractivity contribution is 7.89. The summed E-state index contributed by atoms with van der Waals surface area (Å²) in [6.07, 6.45) is 0. The van der Waals surface area contributed by atoms with Gasteiger partial charge in [0.25, 0.3) is 0 Å². The van der Waals surface area contributed by atoms with Crippen LogP contribution in [0.15, 0.2) is 53.4 Å². The molecule has 2 aromatic carbocycles. The molecule has 0 aliphatic heterocycles. The summed E-state index contributed by atoms with van der Waals surface area (Å²) in [4.78, 5) is 11.7. The molecule has 0 amide bonds. The fourth-order valence-corrected chi connectivity index (χ4v) is 3.51. The van der Waals surface area contributed by atoms with Crippen LogP contribution in [-0.2, 0) is 21.3 Å². The average Bonchev–Trinajstić information content (AvgIpc) is 2.56. The first-order valence-electron chi connectivity index (χ1n) is 7.05. The first kappa shape index (κ1) is 17.2. The minimum Gasteiger partial charge on any atom is -0.465 e. The van der Waals surface area contributed by atoms with Gasteiger partial charge in [0.2, 0.25) is 10.0 Å². The van der Waals surface area contributed by atoms with Gasteiger partial charge in [0.05, 0.1) is 17.6 Å². The predicted molar refractivity (Wildman–Crippen MR) is 87.6 cm³/mol. The number of ether oxygens (including phenoxy) is 1. The van der Waals surface area contributed by atoms with Crippen LogP contribution < -0.4 is 0 Å². The molecule has 0 unspecified atom stereocenters. The summed E-state index contributed by atoms with van der Waals surface area (Å²) in [5, 5.41) is 0. The van der Waals surface area contributed by atoms with Crippen LogP contribution >= 0.6 is 0 Å². The highest BCUT2D eigenvalue weighted by Crippen LogP contribution is 2.21. The maximum absolute atomic E-state index is 12.8. The van der Waals surface area contributed by atoms with E-state index in [9.17, 15) is 13.2 Å². The van der Waals surface area contributed by atoms with E-state index in [4.69, 9.17) is 0 Å². The van der Waals surface area contributed by atoms with Gasteiger partial charge in [-0.3, -0.25) is 0 Å². The van der Waals surface area contributed by atoms with E-state index in [1.165, 1.54) is 30.6 Å². The van der Waals surface area contributed by atoms with E-state index in [0.29, 0.717) is 0 Å². The van der Waals surface area contributed by atoms with Crippen molar-refractivity contribution < 1.29 is 17.9 Å². The van der Waals surface area contributed by atoms with Crippen molar-refractivity contribution in [3.8, 4) is 0 Å². The number of carbonyl (C=O) groups excluding carboxylic acids is 1. The highest BCUT2D eigenvalue weighted by Gasteiger charge is 2.26. The Morgan fingerprint density at radius 2 is 1.70 bits per heavy atom. The summed E-state index contributed by atoms with van der Waals surface area (Å²) >= 11 is 0. The van der Waals surface area contributed by atoms with Gasteiger partial charge in [0, 0.05) is 13.6 Å². The highest BCUT2D eigenvalue weighted by atomic mass is 32.2. The number of esters is 1. The second-order valence-corrected chi connectivity index (χ2v) is 7.25. The van der Waals surface area contributed by atoms with Crippen molar-refractivity contribution in [2.75, 3.05) is 14.2 Å². The largest absolute Gasteiger partial charge is 0.465 e. The Hall–Kier alpha value is -2.18. The van der Waals surface area contributed by atoms with Crippen LogP contribution in [-0.4, -0.2) is 32.8 Å². The van der Waals surface area contributed by atoms with Gasteiger partial charge >= 0.3 is 5.97 Å². The van der Waals surface area contributed by atoms with Gasteiger partial charge in [0.15, 0.2) is 0 Å². The molecule has 0 heterocycles. The van der Waals surface area contributed by atoms with E-state index >= 15 is 0 Å². The first-order chi connectivity index (χ1) is 10.9. The molecular weight excluding hydrogens is 314 g/mol. The fourth-order valence-electron chi connectivity index (χ4n) is 2.17. The SMILES string of the molecule is COC(=O)c1ccccc1S(=O)(=O)N(C)Cc1ccc(C)cc1. The van der Waals surface area contributed by atoms with Gasteiger partial charge in [-0.15, -0.1) is 0 Å². The molecular formula is C17H19NO4S. The molecule has 0 aliphatic rings. The summed E-state index contributed by atoms with van der Waals surface area (Å²) in [5.74, 6) is -0.673. The number of benzene rings is 2. The van der Waals surface area contributed by atoms with Crippen LogP contribution in [0.5, 0.6) is 0 Å². The van der Waals surface area contributed by atoms with Crippen LogP contribution in [0, 0.1) is 6.92 Å². The second-order valence-electron chi connectivity index (χ2n) is 5.23. The number of carbonyl (C=O) groups is 1. The zero-order chi connectivity index (χ0) is 17.0. The minimum atomic E-state index is -3.80. The summed E-state index contributed by atoms with van der Waals surface area (Å²) in [6.45, 7) is 2.19. The number of nitrogens with zero attached hydrogens (tertiary/aromatic N) is 1. The standard InChI is InChI=1S/C17H19NO4S/c1-13-8-10-14(11-9-13)12-18(2)23(20,21)16-7-5-4-6-15(16)17(19)22-3/h4-11H,12H2,1-3H3. The number of aryl methyl sites for hydroxylation is 1. The summed E-state index contributed by atoms with van der Waals surface area (Å²) in [6, 6.07) is 13.7. The number of sulfonamides is 1. The van der Waals surface area contributed by atoms with Gasteiger partial charge < -0.3 is 4.74 Å². The Morgan fingerprint density at radius 3 is 2.30 bits per heavy atom. The van der Waals surface area contributed by atoms with Crippen molar-refractivity contribution in [3.05, 3.63) is 65.2 Å². The van der Waals surface area contributed by atoms with Crippen molar-refractivity contribution >= 4 is 16.0 Å². The molecule has 0 bridgehead atoms. The third-order valence-corrected chi connectivity index (χ3v) is 5.37. The maximum Gasteiger partial charge on any atom is 0.339 e. The lowest BCUT2D eigenvalue weighted by molar-refractivity contribution is 0.0596. The molecule has 5 nitrogen and oxygen atoms in total. The van der Waals surface area contributed by atoms with Gasteiger partial charge in [0.1, 0.15) is 0 Å². The van der Waals surface area contributed by atoms with Crippen LogP contribution in [0.3, 0.4) is 0 Å². The number of hydrogen-bond donors (Lipinski definition) is 0. The second kappa shape index (κ2) is 6.93. The zero-order valence-corrected chi connectivity index (χ0v) is 14.1. The smallest absolute Gasteiger partial charge is 0.339 e. The lowest BCUT2D eigenvalue weighted by atomic mass is 10.1. The van der Waals surface area contributed by atoms with Crippen molar-refractivity contribution in [3.63, 3.8) is 0 Å². The Labute approximate surface area is 136 Å². The van der Waals surface area contributed by atoms with Crippen molar-refractivity contribution in [2.45, 2.75) is 18.4 Å². The molecule has 0 fully saturated rings. The predicted octanol–water partition coefficient (Wildman–Crippen LogP) is 2.60. The Balaban J connectivity index is 2.34. The molecule has 0 saturated heterocycles. The minimum absolute atomic E-state index is 0.0331. The normalized spacial score (nSPS) is 11.5. The Morgan fingerprint density at radius 1 is 1.09 bits per heavy atom. The molecule has 0 radical (unpaired) electrons. The number of hydrogen-bond acceptors (Lipinski definition) is 4. The van der Waals surface area contributed by atoms with Gasteiger partial charge in [-0.1, -0.05) is 42.0 Å². The number of methoxy groups -OCH3 is 1. The van der Waals surface area contributed by atoms with Gasteiger partial charge in [-0.2, -0.15) is 4.31 Å². The summed E-state index contributed by atoms with van der Waals surface area (Å²) < 4.78 is 31.4. The van der Waals surface area contributed by atoms with E-state index in [1.807, 2.05) is 31.2 Å². The fraction of sp³-hybridized carbons (Fsp3) is 0.235. The molecule has 122 valence electrons. The first-order valence-corrected chi connectivity index (χ1v) is 8.49. The molecule has 0 atom stereocenters. The van der Waals surface area contributed by atoms with E-state index in [1.54, 1.807) is 12.1 Å². The third-order valence-electron chi connectivity index (χ3n) is 3.51. The topological polar surface area (TPSA) is 63.7 Å². The van der Waals surface area contributed by atoms with Crippen molar-refractivity contribution in [1.29, 1.82) is 0 Å². The molecule has 0 aliphatic carbocycles. The van der Waals surface area contributed by atoms with Crippen molar-refractivity contribution in [1.82, 2.24) is 4.31 Å². The molecule has 2 rings (SSSR count). The van der Waals surface area contributed by atoms with Crippen molar-refractivity contribution in [2.24, 2.45) is 0 Å². The Kier molecular flexibility index (Phi) is 5.18. The van der Waals surface area contributed by atoms with Gasteiger partial charge in [-0.25, -0.2) is 13.2 Å². The van der Waals surface area contributed by atoms with E-state index in [2.05, 4.69) is 4.74 Å². The lowest BCUT2D eigenvalue weighted by Gasteiger charge is -2.19. The van der Waals surface area contributed by atoms with Crippen LogP contribution in [0.1, 0.15) is 21.5 Å². The van der Waals surface area contributed by atoms with E-state index < -0.39 is 16.0 Å². The lowest BCUT2D eigenvalue weighted by Crippen LogP contribution is -2.28. The van der Waals surface area contributed by atoms with Gasteiger partial charge in [-0.05, 0) is 24.6 Å². The quantitative estimate of drug-likeness (QED) is 0.789. The number of rotatable bonds is 5. The molecule has 2 aromatic rings. The molecule has 0 aromatic heterocycles. The molecule has 23 heavy (non-hydrogen) atoms. The Bertz CT molecular complexity index is 798. The average molecular weight is 333 g/mol. The summed E-state index contributed by atoms with van der Waals surface area (Å²) in [5.41, 5.74) is 2.01. The van der Waals surface area contributed by atoms with E-state index in [0.717, 1.165) is 11.1 Å². The van der Waals surface area contributed by atoms with Crippen LogP contribution in [0.4, 0.5) is 0 Å². The van der Waals surface area contributed by atoms with Crippen LogP contribution in [0.25, 0.3) is 0 Å².